The number of benzene rings is 2. The van der Waals surface area contributed by atoms with Crippen molar-refractivity contribution in [1.82, 2.24) is 0 Å². The van der Waals surface area contributed by atoms with Crippen LogP contribution in [0.5, 0.6) is 17.2 Å². The number of nitrogens with one attached hydrogen (secondary N) is 1. The molecule has 0 unspecified atom stereocenters. The van der Waals surface area contributed by atoms with Gasteiger partial charge in [-0.1, -0.05) is 0 Å². The highest BCUT2D eigenvalue weighted by Gasteiger charge is 2.27. The fourth-order valence-corrected chi connectivity index (χ4v) is 2.82. The number of methoxy groups -OCH3 is 2. The summed E-state index contributed by atoms with van der Waals surface area (Å²) in [4.78, 5) is 22.9. The van der Waals surface area contributed by atoms with E-state index < -0.39 is 4.92 Å². The van der Waals surface area contributed by atoms with Crippen molar-refractivity contribution in [2.75, 3.05) is 19.5 Å². The minimum absolute atomic E-state index is 0.121. The molecule has 8 heteroatoms. The molecule has 0 saturated heterocycles. The van der Waals surface area contributed by atoms with Crippen molar-refractivity contribution in [3.05, 3.63) is 51.1 Å². The van der Waals surface area contributed by atoms with Crippen LogP contribution in [0, 0.1) is 17.0 Å². The van der Waals surface area contributed by atoms with Gasteiger partial charge in [0, 0.05) is 34.9 Å². The van der Waals surface area contributed by atoms with Crippen molar-refractivity contribution >= 4 is 28.9 Å². The Labute approximate surface area is 148 Å². The van der Waals surface area contributed by atoms with E-state index in [1.807, 2.05) is 0 Å². The van der Waals surface area contributed by atoms with Crippen molar-refractivity contribution in [1.29, 1.82) is 0 Å². The quantitative estimate of drug-likeness (QED) is 0.495. The third kappa shape index (κ3) is 2.81. The van der Waals surface area contributed by atoms with Crippen LogP contribution in [0.25, 0.3) is 11.6 Å². The van der Waals surface area contributed by atoms with E-state index in [2.05, 4.69) is 5.32 Å². The lowest BCUT2D eigenvalue weighted by molar-refractivity contribution is -0.384. The van der Waals surface area contributed by atoms with E-state index >= 15 is 0 Å². The topological polar surface area (TPSA) is 111 Å². The molecule has 2 aromatic rings. The Morgan fingerprint density at radius 1 is 1.15 bits per heavy atom. The number of hydrogen-bond donors (Lipinski definition) is 2. The Bertz CT molecular complexity index is 965. The van der Waals surface area contributed by atoms with Crippen LogP contribution in [0.3, 0.4) is 0 Å². The molecule has 0 saturated carbocycles. The number of phenolic OH excluding ortho intramolecular Hbond substituents is 1. The van der Waals surface area contributed by atoms with Gasteiger partial charge in [0.15, 0.2) is 11.5 Å². The molecule has 0 aromatic heterocycles. The van der Waals surface area contributed by atoms with E-state index in [9.17, 15) is 20.0 Å². The minimum Gasteiger partial charge on any atom is -0.507 e. The largest absolute Gasteiger partial charge is 0.507 e. The van der Waals surface area contributed by atoms with Gasteiger partial charge in [0.05, 0.1) is 24.8 Å². The number of ether oxygens (including phenoxy) is 2. The SMILES string of the molecule is COc1cc2c(cc1OC)/C(=C/c1cc([N+](=O)[O-])cc(C)c1O)C(=O)N2. The van der Waals surface area contributed by atoms with Crippen molar-refractivity contribution in [3.8, 4) is 17.2 Å². The van der Waals surface area contributed by atoms with Crippen LogP contribution in [-0.2, 0) is 4.79 Å². The predicted molar refractivity (Wildman–Crippen MR) is 95.5 cm³/mol. The van der Waals surface area contributed by atoms with Crippen LogP contribution in [0.4, 0.5) is 11.4 Å². The number of nitrogens with zero attached hydrogens (tertiary/aromatic N) is 1. The first-order chi connectivity index (χ1) is 12.3. The first kappa shape index (κ1) is 17.3. The van der Waals surface area contributed by atoms with E-state index in [0.29, 0.717) is 28.3 Å². The number of phenols is 1. The molecule has 26 heavy (non-hydrogen) atoms. The number of fused-ring (bicyclic) bond motifs is 1. The fraction of sp³-hybridized carbons (Fsp3) is 0.167. The number of hydrogen-bond acceptors (Lipinski definition) is 6. The van der Waals surface area contributed by atoms with Crippen molar-refractivity contribution < 1.29 is 24.3 Å². The van der Waals surface area contributed by atoms with E-state index in [-0.39, 0.29) is 28.5 Å². The van der Waals surface area contributed by atoms with Gasteiger partial charge in [0.25, 0.3) is 11.6 Å². The predicted octanol–water partition coefficient (Wildman–Crippen LogP) is 3.12. The summed E-state index contributed by atoms with van der Waals surface area (Å²) in [5.41, 5.74) is 1.70. The number of nitro benzene ring substituents is 1. The average molecular weight is 356 g/mol. The summed E-state index contributed by atoms with van der Waals surface area (Å²) in [6.45, 7) is 1.56. The lowest BCUT2D eigenvalue weighted by Gasteiger charge is -2.10. The molecule has 0 fully saturated rings. The highest BCUT2D eigenvalue weighted by Crippen LogP contribution is 2.42. The number of carbonyl (C=O) groups excluding carboxylic acids is 1. The van der Waals surface area contributed by atoms with E-state index in [1.54, 1.807) is 19.1 Å². The molecule has 1 amide bonds. The summed E-state index contributed by atoms with van der Waals surface area (Å²) in [6, 6.07) is 5.76. The Morgan fingerprint density at radius 2 is 1.81 bits per heavy atom. The molecule has 0 radical (unpaired) electrons. The molecule has 1 aliphatic rings. The third-order valence-corrected chi connectivity index (χ3v) is 4.13. The summed E-state index contributed by atoms with van der Waals surface area (Å²) < 4.78 is 10.5. The maximum atomic E-state index is 12.4. The first-order valence-corrected chi connectivity index (χ1v) is 7.63. The maximum absolute atomic E-state index is 12.4. The van der Waals surface area contributed by atoms with Gasteiger partial charge in [-0.25, -0.2) is 0 Å². The van der Waals surface area contributed by atoms with Crippen LogP contribution in [0.2, 0.25) is 0 Å². The monoisotopic (exact) mass is 356 g/mol. The summed E-state index contributed by atoms with van der Waals surface area (Å²) in [5, 5.41) is 24.0. The molecule has 1 heterocycles. The molecule has 3 rings (SSSR count). The van der Waals surface area contributed by atoms with Gasteiger partial charge < -0.3 is 19.9 Å². The lowest BCUT2D eigenvalue weighted by Crippen LogP contribution is -2.03. The van der Waals surface area contributed by atoms with Crippen LogP contribution in [0.1, 0.15) is 16.7 Å². The van der Waals surface area contributed by atoms with Crippen molar-refractivity contribution in [2.24, 2.45) is 0 Å². The van der Waals surface area contributed by atoms with Gasteiger partial charge in [-0.2, -0.15) is 0 Å². The number of anilines is 1. The number of amides is 1. The molecule has 1 aliphatic heterocycles. The molecule has 2 aromatic carbocycles. The highest BCUT2D eigenvalue weighted by atomic mass is 16.6. The first-order valence-electron chi connectivity index (χ1n) is 7.63. The normalized spacial score (nSPS) is 14.1. The van der Waals surface area contributed by atoms with Crippen LogP contribution in [0.15, 0.2) is 24.3 Å². The van der Waals surface area contributed by atoms with Gasteiger partial charge in [0.1, 0.15) is 5.75 Å². The van der Waals surface area contributed by atoms with Crippen LogP contribution in [-0.4, -0.2) is 30.2 Å². The molecule has 134 valence electrons. The number of aromatic hydroxyl groups is 1. The van der Waals surface area contributed by atoms with Crippen LogP contribution >= 0.6 is 0 Å². The number of rotatable bonds is 4. The zero-order valence-corrected chi connectivity index (χ0v) is 14.3. The Morgan fingerprint density at radius 3 is 2.42 bits per heavy atom. The maximum Gasteiger partial charge on any atom is 0.270 e. The van der Waals surface area contributed by atoms with Gasteiger partial charge in [0.2, 0.25) is 0 Å². The van der Waals surface area contributed by atoms with E-state index in [4.69, 9.17) is 9.47 Å². The molecule has 0 atom stereocenters. The number of carbonyl (C=O) groups is 1. The number of non-ortho nitro benzene ring substituents is 1. The average Bonchev–Trinajstić information content (AvgIpc) is 2.91. The standard InChI is InChI=1S/C18H16N2O6/c1-9-4-11(20(23)24)5-10(17(9)21)6-13-12-7-15(25-2)16(26-3)8-14(12)19-18(13)22/h4-8,21H,1-3H3,(H,19,22)/b13-6-. The highest BCUT2D eigenvalue weighted by molar-refractivity contribution is 6.35. The van der Waals surface area contributed by atoms with Crippen LogP contribution < -0.4 is 14.8 Å². The number of nitro groups is 1. The molecule has 0 aliphatic carbocycles. The molecule has 8 nitrogen and oxygen atoms in total. The zero-order valence-electron chi connectivity index (χ0n) is 14.3. The molecule has 2 N–H and O–H groups in total. The Kier molecular flexibility index (Phi) is 4.25. The second-order valence-corrected chi connectivity index (χ2v) is 5.72. The van der Waals surface area contributed by atoms with E-state index in [0.717, 1.165) is 0 Å². The van der Waals surface area contributed by atoms with Crippen molar-refractivity contribution in [3.63, 3.8) is 0 Å². The number of aryl methyl sites for hydroxylation is 1. The van der Waals surface area contributed by atoms with Gasteiger partial charge in [-0.15, -0.1) is 0 Å². The molecular weight excluding hydrogens is 340 g/mol. The van der Waals surface area contributed by atoms with Gasteiger partial charge >= 0.3 is 0 Å². The van der Waals surface area contributed by atoms with Gasteiger partial charge in [-0.05, 0) is 24.6 Å². The summed E-state index contributed by atoms with van der Waals surface area (Å²) in [6.07, 6.45) is 1.42. The fourth-order valence-electron chi connectivity index (χ4n) is 2.82. The summed E-state index contributed by atoms with van der Waals surface area (Å²) in [5.74, 6) is 0.388. The minimum atomic E-state index is -0.551. The Hall–Kier alpha value is -3.55. The van der Waals surface area contributed by atoms with Crippen molar-refractivity contribution in [2.45, 2.75) is 6.92 Å². The lowest BCUT2D eigenvalue weighted by atomic mass is 10.0. The second kappa shape index (κ2) is 6.40. The van der Waals surface area contributed by atoms with Gasteiger partial charge in [-0.3, -0.25) is 14.9 Å². The Balaban J connectivity index is 2.18. The molecule has 0 bridgehead atoms. The second-order valence-electron chi connectivity index (χ2n) is 5.72. The zero-order chi connectivity index (χ0) is 19.0. The smallest absolute Gasteiger partial charge is 0.270 e. The molecular formula is C18H16N2O6. The summed E-state index contributed by atoms with van der Waals surface area (Å²) in [7, 11) is 2.97. The summed E-state index contributed by atoms with van der Waals surface area (Å²) >= 11 is 0. The third-order valence-electron chi connectivity index (χ3n) is 4.13. The van der Waals surface area contributed by atoms with E-state index in [1.165, 1.54) is 32.4 Å². The molecule has 0 spiro atoms.